The van der Waals surface area contributed by atoms with Gasteiger partial charge in [-0.05, 0) is 71.2 Å². The fourth-order valence-electron chi connectivity index (χ4n) is 4.57. The fourth-order valence-corrected chi connectivity index (χ4v) is 4.57. The van der Waals surface area contributed by atoms with E-state index in [4.69, 9.17) is 4.74 Å². The molecule has 1 fully saturated rings. The third kappa shape index (κ3) is 5.52. The monoisotopic (exact) mass is 414 g/mol. The number of amides is 1. The molecule has 1 N–H and O–H groups in total. The second-order valence-corrected chi connectivity index (χ2v) is 9.47. The van der Waals surface area contributed by atoms with Crippen molar-refractivity contribution in [2.24, 2.45) is 16.4 Å². The van der Waals surface area contributed by atoms with Gasteiger partial charge in [-0.25, -0.2) is 5.43 Å². The predicted molar refractivity (Wildman–Crippen MR) is 126 cm³/mol. The van der Waals surface area contributed by atoms with Gasteiger partial charge in [-0.2, -0.15) is 5.10 Å². The molecule has 1 amide bonds. The Morgan fingerprint density at radius 1 is 1.06 bits per heavy atom. The van der Waals surface area contributed by atoms with E-state index in [1.165, 1.54) is 11.8 Å². The lowest BCUT2D eigenvalue weighted by atomic mass is 9.72. The largest absolute Gasteiger partial charge is 0.489 e. The highest BCUT2D eigenvalue weighted by molar-refractivity contribution is 5.95. The average molecular weight is 415 g/mol. The van der Waals surface area contributed by atoms with Crippen molar-refractivity contribution in [2.45, 2.75) is 46.6 Å². The Labute approximate surface area is 184 Å². The average Bonchev–Trinajstić information content (AvgIpc) is 2.75. The van der Waals surface area contributed by atoms with Crippen LogP contribution in [0.15, 0.2) is 71.8 Å². The van der Waals surface area contributed by atoms with Crippen LogP contribution in [0.1, 0.15) is 56.0 Å². The molecule has 4 heteroatoms. The molecule has 0 aromatic heterocycles. The molecular formula is C27H30N2O2. The van der Waals surface area contributed by atoms with Gasteiger partial charge in [0, 0.05) is 11.3 Å². The van der Waals surface area contributed by atoms with Crippen LogP contribution >= 0.6 is 0 Å². The van der Waals surface area contributed by atoms with Crippen LogP contribution in [-0.2, 0) is 6.61 Å². The van der Waals surface area contributed by atoms with Crippen molar-refractivity contribution in [2.75, 3.05) is 0 Å². The molecule has 31 heavy (non-hydrogen) atoms. The minimum atomic E-state index is -0.175. The summed E-state index contributed by atoms with van der Waals surface area (Å²) in [6.45, 7) is 7.23. The lowest BCUT2D eigenvalue weighted by Gasteiger charge is -2.34. The molecule has 0 heterocycles. The number of benzene rings is 3. The number of fused-ring (bicyclic) bond motifs is 1. The van der Waals surface area contributed by atoms with Crippen molar-refractivity contribution in [1.29, 1.82) is 0 Å². The van der Waals surface area contributed by atoms with Gasteiger partial charge in [-0.1, -0.05) is 63.2 Å². The molecule has 0 unspecified atom stereocenters. The molecule has 160 valence electrons. The Morgan fingerprint density at radius 3 is 2.55 bits per heavy atom. The van der Waals surface area contributed by atoms with Crippen molar-refractivity contribution in [3.63, 3.8) is 0 Å². The Kier molecular flexibility index (Phi) is 6.08. The molecule has 0 saturated heterocycles. The zero-order chi connectivity index (χ0) is 21.8. The number of carbonyl (C=O) groups excluding carboxylic acids is 1. The van der Waals surface area contributed by atoms with Crippen molar-refractivity contribution in [1.82, 2.24) is 5.43 Å². The third-order valence-corrected chi connectivity index (χ3v) is 5.83. The maximum atomic E-state index is 12.5. The summed E-state index contributed by atoms with van der Waals surface area (Å²) in [6, 6.07) is 21.8. The normalized spacial score (nSPS) is 19.3. The van der Waals surface area contributed by atoms with E-state index in [1.54, 1.807) is 0 Å². The highest BCUT2D eigenvalue weighted by Gasteiger charge is 2.29. The Bertz CT molecular complexity index is 1100. The van der Waals surface area contributed by atoms with Gasteiger partial charge in [-0.15, -0.1) is 0 Å². The molecule has 1 atom stereocenters. The van der Waals surface area contributed by atoms with Crippen LogP contribution in [0, 0.1) is 11.3 Å². The Morgan fingerprint density at radius 2 is 1.81 bits per heavy atom. The molecule has 3 aromatic carbocycles. The molecule has 1 aliphatic rings. The van der Waals surface area contributed by atoms with Gasteiger partial charge in [0.05, 0.1) is 0 Å². The highest BCUT2D eigenvalue weighted by atomic mass is 16.5. The van der Waals surface area contributed by atoms with Gasteiger partial charge < -0.3 is 4.74 Å². The molecule has 1 aliphatic carbocycles. The molecule has 4 nitrogen and oxygen atoms in total. The minimum Gasteiger partial charge on any atom is -0.489 e. The second-order valence-electron chi connectivity index (χ2n) is 9.47. The summed E-state index contributed by atoms with van der Waals surface area (Å²) in [4.78, 5) is 12.5. The van der Waals surface area contributed by atoms with E-state index < -0.39 is 0 Å². The van der Waals surface area contributed by atoms with Gasteiger partial charge >= 0.3 is 0 Å². The van der Waals surface area contributed by atoms with Gasteiger partial charge in [0.2, 0.25) is 0 Å². The topological polar surface area (TPSA) is 50.7 Å². The number of hydrogen-bond donors (Lipinski definition) is 1. The zero-order valence-electron chi connectivity index (χ0n) is 18.5. The summed E-state index contributed by atoms with van der Waals surface area (Å²) >= 11 is 0. The third-order valence-electron chi connectivity index (χ3n) is 5.83. The molecule has 0 radical (unpaired) electrons. The first-order valence-corrected chi connectivity index (χ1v) is 10.9. The molecule has 0 spiro atoms. The number of rotatable bonds is 5. The molecular weight excluding hydrogens is 384 g/mol. The summed E-state index contributed by atoms with van der Waals surface area (Å²) in [5.41, 5.74) is 5.68. The maximum Gasteiger partial charge on any atom is 0.271 e. The summed E-state index contributed by atoms with van der Waals surface area (Å²) in [6.07, 6.45) is 3.08. The molecule has 3 aromatic rings. The molecule has 0 aliphatic heterocycles. The van der Waals surface area contributed by atoms with Crippen molar-refractivity contribution in [3.8, 4) is 5.75 Å². The smallest absolute Gasteiger partial charge is 0.271 e. The zero-order valence-corrected chi connectivity index (χ0v) is 18.5. The number of ether oxygens (including phenoxy) is 1. The number of carbonyl (C=O) groups is 1. The lowest BCUT2D eigenvalue weighted by Crippen LogP contribution is -2.30. The van der Waals surface area contributed by atoms with Crippen LogP contribution < -0.4 is 10.2 Å². The van der Waals surface area contributed by atoms with Gasteiger partial charge in [0.15, 0.2) is 0 Å². The molecule has 0 bridgehead atoms. The first kappa shape index (κ1) is 21.1. The maximum absolute atomic E-state index is 12.5. The number of hydrazone groups is 1. The summed E-state index contributed by atoms with van der Waals surface area (Å²) in [5.74, 6) is 1.26. The Hall–Kier alpha value is -3.14. The van der Waals surface area contributed by atoms with Crippen LogP contribution in [0.3, 0.4) is 0 Å². The lowest BCUT2D eigenvalue weighted by molar-refractivity contribution is 0.0954. The van der Waals surface area contributed by atoms with Crippen LogP contribution in [-0.4, -0.2) is 11.6 Å². The standard InChI is InChI=1S/C27H30N2O2/c1-19-14-24(17-27(2,3)16-19)28-29-26(30)22-10-8-20(9-11-22)18-31-25-13-12-21-6-4-5-7-23(21)15-25/h4-13,15,19H,14,16-18H2,1-3H3,(H,29,30)/b28-24-/t19-/m1/s1. The number of nitrogens with zero attached hydrogens (tertiary/aromatic N) is 1. The van der Waals surface area contributed by atoms with Gasteiger partial charge in [-0.3, -0.25) is 4.79 Å². The molecule has 4 rings (SSSR count). The summed E-state index contributed by atoms with van der Waals surface area (Å²) in [5, 5.41) is 6.77. The SMILES string of the molecule is C[C@@H]1C/C(=N/NC(=O)c2ccc(COc3ccc4ccccc4c3)cc2)CC(C)(C)C1. The van der Waals surface area contributed by atoms with E-state index in [-0.39, 0.29) is 11.3 Å². The van der Waals surface area contributed by atoms with Crippen LogP contribution in [0.2, 0.25) is 0 Å². The van der Waals surface area contributed by atoms with Crippen molar-refractivity contribution >= 4 is 22.4 Å². The fraction of sp³-hybridized carbons (Fsp3) is 0.333. The predicted octanol–water partition coefficient (Wildman–Crippen LogP) is 6.35. The van der Waals surface area contributed by atoms with Crippen molar-refractivity contribution < 1.29 is 9.53 Å². The van der Waals surface area contributed by atoms with E-state index in [9.17, 15) is 4.79 Å². The summed E-state index contributed by atoms with van der Waals surface area (Å²) in [7, 11) is 0. The number of hydrogen-bond acceptors (Lipinski definition) is 3. The van der Waals surface area contributed by atoms with E-state index in [2.05, 4.69) is 49.5 Å². The van der Waals surface area contributed by atoms with E-state index >= 15 is 0 Å². The second kappa shape index (κ2) is 8.93. The Balaban J connectivity index is 1.34. The van der Waals surface area contributed by atoms with E-state index in [0.717, 1.165) is 35.3 Å². The first-order valence-electron chi connectivity index (χ1n) is 10.9. The summed E-state index contributed by atoms with van der Waals surface area (Å²) < 4.78 is 5.93. The van der Waals surface area contributed by atoms with Crippen LogP contribution in [0.4, 0.5) is 0 Å². The van der Waals surface area contributed by atoms with Gasteiger partial charge in [0.25, 0.3) is 5.91 Å². The van der Waals surface area contributed by atoms with Gasteiger partial charge in [0.1, 0.15) is 12.4 Å². The van der Waals surface area contributed by atoms with E-state index in [1.807, 2.05) is 48.5 Å². The highest BCUT2D eigenvalue weighted by Crippen LogP contribution is 2.36. The number of nitrogens with one attached hydrogen (secondary N) is 1. The van der Waals surface area contributed by atoms with E-state index in [0.29, 0.717) is 18.1 Å². The minimum absolute atomic E-state index is 0.175. The quantitative estimate of drug-likeness (QED) is 0.495. The van der Waals surface area contributed by atoms with Crippen LogP contribution in [0.25, 0.3) is 10.8 Å². The molecule has 1 saturated carbocycles. The van der Waals surface area contributed by atoms with Crippen LogP contribution in [0.5, 0.6) is 5.75 Å². The first-order chi connectivity index (χ1) is 14.9. The van der Waals surface area contributed by atoms with Crippen molar-refractivity contribution in [3.05, 3.63) is 77.9 Å².